The van der Waals surface area contributed by atoms with E-state index >= 15 is 0 Å². The number of nitrogens with one attached hydrogen (secondary N) is 3. The number of carbonyl (C=O) groups excluding carboxylic acids is 3. The van der Waals surface area contributed by atoms with Gasteiger partial charge in [0.1, 0.15) is 12.6 Å². The summed E-state index contributed by atoms with van der Waals surface area (Å²) in [5.74, 6) is -1.63. The van der Waals surface area contributed by atoms with Crippen molar-refractivity contribution in [2.75, 3.05) is 6.54 Å². The number of benzene rings is 3. The Kier molecular flexibility index (Phi) is 10.9. The number of rotatable bonds is 12. The fraction of sp³-hybridized carbons (Fsp3) is 0.323. The zero-order chi connectivity index (χ0) is 29.1. The summed E-state index contributed by atoms with van der Waals surface area (Å²) in [6.07, 6.45) is -3.44. The van der Waals surface area contributed by atoms with Gasteiger partial charge in [0, 0.05) is 18.5 Å². The van der Waals surface area contributed by atoms with Crippen molar-refractivity contribution < 1.29 is 27.6 Å². The molecule has 0 heterocycles. The fourth-order valence-electron chi connectivity index (χ4n) is 4.29. The lowest BCUT2D eigenvalue weighted by Gasteiger charge is -2.22. The summed E-state index contributed by atoms with van der Waals surface area (Å²) in [7, 11) is 0. The summed E-state index contributed by atoms with van der Waals surface area (Å²) in [5.41, 5.74) is 3.42. The number of halogens is 3. The first-order valence-corrected chi connectivity index (χ1v) is 13.2. The maximum absolute atomic E-state index is 13.4. The SMILES string of the molecule is CC(C)CC(NC(=O)c1ccccc1-c1ccccc1CNC(=O)CCc1ccccc1)C(=O)NCC(F)(F)F. The van der Waals surface area contributed by atoms with Crippen LogP contribution < -0.4 is 16.0 Å². The van der Waals surface area contributed by atoms with Crippen LogP contribution in [0.2, 0.25) is 0 Å². The number of alkyl halides is 3. The molecule has 0 saturated carbocycles. The molecule has 0 radical (unpaired) electrons. The molecule has 0 aliphatic heterocycles. The van der Waals surface area contributed by atoms with Crippen LogP contribution in [0.25, 0.3) is 11.1 Å². The van der Waals surface area contributed by atoms with Crippen molar-refractivity contribution in [2.45, 2.75) is 51.9 Å². The molecule has 1 atom stereocenters. The Balaban J connectivity index is 1.75. The molecular formula is C31H34F3N3O3. The highest BCUT2D eigenvalue weighted by molar-refractivity contribution is 6.03. The van der Waals surface area contributed by atoms with Crippen molar-refractivity contribution in [3.8, 4) is 11.1 Å². The van der Waals surface area contributed by atoms with E-state index in [1.54, 1.807) is 24.3 Å². The van der Waals surface area contributed by atoms with Gasteiger partial charge < -0.3 is 16.0 Å². The van der Waals surface area contributed by atoms with Crippen LogP contribution in [0.4, 0.5) is 13.2 Å². The maximum Gasteiger partial charge on any atom is 0.405 e. The van der Waals surface area contributed by atoms with Crippen LogP contribution in [-0.2, 0) is 22.6 Å². The second kappa shape index (κ2) is 14.3. The second-order valence-electron chi connectivity index (χ2n) is 9.95. The fourth-order valence-corrected chi connectivity index (χ4v) is 4.29. The molecule has 3 aromatic carbocycles. The third-order valence-corrected chi connectivity index (χ3v) is 6.23. The third-order valence-electron chi connectivity index (χ3n) is 6.23. The molecule has 3 N–H and O–H groups in total. The highest BCUT2D eigenvalue weighted by atomic mass is 19.4. The van der Waals surface area contributed by atoms with E-state index in [4.69, 9.17) is 0 Å². The normalized spacial score (nSPS) is 12.1. The molecule has 0 aromatic heterocycles. The zero-order valence-corrected chi connectivity index (χ0v) is 22.6. The zero-order valence-electron chi connectivity index (χ0n) is 22.6. The molecular weight excluding hydrogens is 519 g/mol. The minimum absolute atomic E-state index is 0.0524. The van der Waals surface area contributed by atoms with E-state index in [9.17, 15) is 27.6 Å². The first-order chi connectivity index (χ1) is 19.0. The molecule has 0 saturated heterocycles. The van der Waals surface area contributed by atoms with Gasteiger partial charge in [-0.15, -0.1) is 0 Å². The van der Waals surface area contributed by atoms with Gasteiger partial charge in [-0.05, 0) is 47.1 Å². The summed E-state index contributed by atoms with van der Waals surface area (Å²) in [5, 5.41) is 7.43. The predicted octanol–water partition coefficient (Wildman–Crippen LogP) is 5.43. The van der Waals surface area contributed by atoms with E-state index in [2.05, 4.69) is 10.6 Å². The lowest BCUT2D eigenvalue weighted by molar-refractivity contribution is -0.139. The Labute approximate surface area is 232 Å². The Morgan fingerprint density at radius 1 is 0.800 bits per heavy atom. The highest BCUT2D eigenvalue weighted by Gasteiger charge is 2.31. The number of aryl methyl sites for hydroxylation is 1. The van der Waals surface area contributed by atoms with Crippen LogP contribution in [0, 0.1) is 5.92 Å². The van der Waals surface area contributed by atoms with Crippen LogP contribution in [0.1, 0.15) is 48.2 Å². The largest absolute Gasteiger partial charge is 0.405 e. The lowest BCUT2D eigenvalue weighted by Crippen LogP contribution is -2.49. The minimum atomic E-state index is -4.56. The van der Waals surface area contributed by atoms with Crippen LogP contribution in [-0.4, -0.2) is 36.5 Å². The quantitative estimate of drug-likeness (QED) is 0.280. The molecule has 40 heavy (non-hydrogen) atoms. The van der Waals surface area contributed by atoms with Gasteiger partial charge in [0.05, 0.1) is 0 Å². The van der Waals surface area contributed by atoms with Crippen molar-refractivity contribution in [2.24, 2.45) is 5.92 Å². The average molecular weight is 554 g/mol. The van der Waals surface area contributed by atoms with Crippen LogP contribution in [0.3, 0.4) is 0 Å². The Morgan fingerprint density at radius 3 is 2.10 bits per heavy atom. The molecule has 0 fully saturated rings. The number of hydrogen-bond donors (Lipinski definition) is 3. The summed E-state index contributed by atoms with van der Waals surface area (Å²) in [4.78, 5) is 38.4. The topological polar surface area (TPSA) is 87.3 Å². The average Bonchev–Trinajstić information content (AvgIpc) is 2.93. The summed E-state index contributed by atoms with van der Waals surface area (Å²) in [6, 6.07) is 22.7. The molecule has 6 nitrogen and oxygen atoms in total. The van der Waals surface area contributed by atoms with Crippen molar-refractivity contribution in [1.82, 2.24) is 16.0 Å². The molecule has 3 rings (SSSR count). The number of hydrogen-bond acceptors (Lipinski definition) is 3. The van der Waals surface area contributed by atoms with Gasteiger partial charge in [0.25, 0.3) is 5.91 Å². The summed E-state index contributed by atoms with van der Waals surface area (Å²) < 4.78 is 38.0. The van der Waals surface area contributed by atoms with Gasteiger partial charge in [-0.1, -0.05) is 86.6 Å². The molecule has 3 aromatic rings. The van der Waals surface area contributed by atoms with Crippen LogP contribution in [0.15, 0.2) is 78.9 Å². The van der Waals surface area contributed by atoms with E-state index < -0.39 is 30.6 Å². The predicted molar refractivity (Wildman–Crippen MR) is 148 cm³/mol. The van der Waals surface area contributed by atoms with Gasteiger partial charge >= 0.3 is 6.18 Å². The van der Waals surface area contributed by atoms with Gasteiger partial charge in [0.2, 0.25) is 11.8 Å². The number of amides is 3. The molecule has 3 amide bonds. The van der Waals surface area contributed by atoms with Gasteiger partial charge in [-0.25, -0.2) is 0 Å². The standard InChI is InChI=1S/C31H34F3N3O3/c1-21(2)18-27(30(40)36-20-31(32,33)34)37-29(39)26-15-9-8-14-25(26)24-13-7-6-12-23(24)19-35-28(38)17-16-22-10-4-3-5-11-22/h3-15,21,27H,16-20H2,1-2H3,(H,35,38)(H,36,40)(H,37,39). The van der Waals surface area contributed by atoms with Crippen LogP contribution in [0.5, 0.6) is 0 Å². The molecule has 9 heteroatoms. The molecule has 0 aliphatic rings. The molecule has 212 valence electrons. The van der Waals surface area contributed by atoms with Gasteiger partial charge in [0.15, 0.2) is 0 Å². The summed E-state index contributed by atoms with van der Waals surface area (Å²) >= 11 is 0. The molecule has 0 spiro atoms. The molecule has 0 bridgehead atoms. The Morgan fingerprint density at radius 2 is 1.43 bits per heavy atom. The van der Waals surface area contributed by atoms with Crippen LogP contribution >= 0.6 is 0 Å². The monoisotopic (exact) mass is 553 g/mol. The van der Waals surface area contributed by atoms with Gasteiger partial charge in [-0.2, -0.15) is 13.2 Å². The highest BCUT2D eigenvalue weighted by Crippen LogP contribution is 2.27. The summed E-state index contributed by atoms with van der Waals surface area (Å²) in [6.45, 7) is 2.40. The maximum atomic E-state index is 13.4. The van der Waals surface area contributed by atoms with Crippen molar-refractivity contribution in [1.29, 1.82) is 0 Å². The molecule has 1 unspecified atom stereocenters. The van der Waals surface area contributed by atoms with Crippen molar-refractivity contribution >= 4 is 17.7 Å². The Bertz CT molecular complexity index is 1290. The molecule has 0 aliphatic carbocycles. The number of carbonyl (C=O) groups is 3. The van der Waals surface area contributed by atoms with Crippen molar-refractivity contribution in [3.05, 3.63) is 95.6 Å². The smallest absolute Gasteiger partial charge is 0.352 e. The van der Waals surface area contributed by atoms with E-state index in [1.807, 2.05) is 73.8 Å². The second-order valence-corrected chi connectivity index (χ2v) is 9.95. The first kappa shape index (κ1) is 30.4. The third kappa shape index (κ3) is 9.55. The van der Waals surface area contributed by atoms with Gasteiger partial charge in [-0.3, -0.25) is 14.4 Å². The van der Waals surface area contributed by atoms with E-state index in [0.29, 0.717) is 18.4 Å². The first-order valence-electron chi connectivity index (χ1n) is 13.2. The van der Waals surface area contributed by atoms with E-state index in [1.165, 1.54) is 0 Å². The van der Waals surface area contributed by atoms with Crippen molar-refractivity contribution in [3.63, 3.8) is 0 Å². The lowest BCUT2D eigenvalue weighted by atomic mass is 9.94. The van der Waals surface area contributed by atoms with E-state index in [-0.39, 0.29) is 30.4 Å². The van der Waals surface area contributed by atoms with E-state index in [0.717, 1.165) is 16.7 Å². The Hall–Kier alpha value is -4.14. The minimum Gasteiger partial charge on any atom is -0.352 e.